The highest BCUT2D eigenvalue weighted by atomic mass is 19.2. The Bertz CT molecular complexity index is 1090. The zero-order valence-electron chi connectivity index (χ0n) is 23.2. The molecule has 0 aromatic heterocycles. The van der Waals surface area contributed by atoms with Crippen molar-refractivity contribution in [3.8, 4) is 0 Å². The first kappa shape index (κ1) is 27.5. The molecule has 3 aliphatic rings. The van der Waals surface area contributed by atoms with Crippen LogP contribution in [0.5, 0.6) is 0 Å². The van der Waals surface area contributed by atoms with Crippen molar-refractivity contribution in [1.29, 1.82) is 0 Å². The molecule has 5 rings (SSSR count). The summed E-state index contributed by atoms with van der Waals surface area (Å²) in [6, 6.07) is 10.5. The Labute approximate surface area is 228 Å². The minimum atomic E-state index is -0.765. The van der Waals surface area contributed by atoms with E-state index in [0.29, 0.717) is 23.7 Å². The molecule has 0 amide bonds. The predicted octanol–water partition coefficient (Wildman–Crippen LogP) is 11.1. The van der Waals surface area contributed by atoms with Gasteiger partial charge in [-0.15, -0.1) is 0 Å². The number of benzene rings is 2. The molecule has 3 heteroatoms. The van der Waals surface area contributed by atoms with Gasteiger partial charge in [-0.3, -0.25) is 0 Å². The first-order valence-corrected chi connectivity index (χ1v) is 15.5. The molecule has 206 valence electrons. The Hall–Kier alpha value is -2.03. The van der Waals surface area contributed by atoms with Gasteiger partial charge in [0.15, 0.2) is 11.6 Å². The number of hydrogen-bond donors (Lipinski definition) is 0. The van der Waals surface area contributed by atoms with Gasteiger partial charge in [0, 0.05) is 5.56 Å². The second-order valence-electron chi connectivity index (χ2n) is 12.5. The summed E-state index contributed by atoms with van der Waals surface area (Å²) in [5.41, 5.74) is 4.13. The summed E-state index contributed by atoms with van der Waals surface area (Å²) in [5.74, 6) is 1.52. The van der Waals surface area contributed by atoms with E-state index in [1.165, 1.54) is 74.6 Å². The van der Waals surface area contributed by atoms with E-state index in [0.717, 1.165) is 62.0 Å². The second kappa shape index (κ2) is 12.9. The smallest absolute Gasteiger partial charge is 0.159 e. The predicted molar refractivity (Wildman–Crippen MR) is 152 cm³/mol. The molecule has 1 unspecified atom stereocenters. The van der Waals surface area contributed by atoms with E-state index in [1.807, 2.05) is 6.07 Å². The minimum absolute atomic E-state index is 0.0377. The molecule has 0 saturated heterocycles. The van der Waals surface area contributed by atoms with Crippen LogP contribution in [0.15, 0.2) is 42.5 Å². The number of allylic oxidation sites excluding steroid dienone is 2. The molecular weight excluding hydrogens is 477 g/mol. The van der Waals surface area contributed by atoms with E-state index >= 15 is 4.39 Å². The Morgan fingerprint density at radius 3 is 1.92 bits per heavy atom. The quantitative estimate of drug-likeness (QED) is 0.302. The van der Waals surface area contributed by atoms with Gasteiger partial charge in [0.2, 0.25) is 0 Å². The minimum Gasteiger partial charge on any atom is -0.206 e. The maximum absolute atomic E-state index is 15.3. The van der Waals surface area contributed by atoms with Gasteiger partial charge in [-0.25, -0.2) is 13.2 Å². The van der Waals surface area contributed by atoms with Gasteiger partial charge >= 0.3 is 0 Å². The molecule has 2 saturated carbocycles. The fraction of sp³-hybridized carbons (Fsp3) is 0.600. The van der Waals surface area contributed by atoms with Crippen LogP contribution in [0.1, 0.15) is 132 Å². The monoisotopic (exact) mass is 522 g/mol. The Balaban J connectivity index is 1.12. The average molecular weight is 523 g/mol. The standard InChI is InChI=1S/C35H45F3/c1-2-3-4-5-24-6-8-27(9-7-24)30-18-20-32(34(37)22-30)29-16-14-26(15-17-29)25-10-12-28(13-11-25)31-19-21-33(36)35(38)23-31/h16,18-28H,2-15,17H2,1H3. The molecule has 0 nitrogen and oxygen atoms in total. The lowest BCUT2D eigenvalue weighted by atomic mass is 9.70. The van der Waals surface area contributed by atoms with Crippen LogP contribution in [0.4, 0.5) is 13.2 Å². The molecule has 0 bridgehead atoms. The van der Waals surface area contributed by atoms with Crippen LogP contribution < -0.4 is 0 Å². The summed E-state index contributed by atoms with van der Waals surface area (Å²) in [5, 5.41) is 0. The van der Waals surface area contributed by atoms with Crippen LogP contribution in [0.3, 0.4) is 0 Å². The molecule has 0 heterocycles. The lowest BCUT2D eigenvalue weighted by Gasteiger charge is -2.36. The van der Waals surface area contributed by atoms with Gasteiger partial charge in [0.1, 0.15) is 5.82 Å². The molecule has 0 spiro atoms. The zero-order valence-corrected chi connectivity index (χ0v) is 23.2. The summed E-state index contributed by atoms with van der Waals surface area (Å²) in [6.07, 6.45) is 20.2. The third-order valence-electron chi connectivity index (χ3n) is 10.2. The van der Waals surface area contributed by atoms with Crippen LogP contribution in [-0.4, -0.2) is 0 Å². The molecule has 2 aromatic rings. The van der Waals surface area contributed by atoms with Crippen molar-refractivity contribution in [2.75, 3.05) is 0 Å². The van der Waals surface area contributed by atoms with E-state index in [4.69, 9.17) is 0 Å². The fourth-order valence-corrected chi connectivity index (χ4v) is 7.73. The molecule has 38 heavy (non-hydrogen) atoms. The summed E-state index contributed by atoms with van der Waals surface area (Å²) in [4.78, 5) is 0. The van der Waals surface area contributed by atoms with E-state index in [1.54, 1.807) is 6.07 Å². The van der Waals surface area contributed by atoms with Gasteiger partial charge in [0.25, 0.3) is 0 Å². The average Bonchev–Trinajstić information content (AvgIpc) is 2.95. The third-order valence-corrected chi connectivity index (χ3v) is 10.2. The van der Waals surface area contributed by atoms with Crippen LogP contribution in [0, 0.1) is 35.2 Å². The lowest BCUT2D eigenvalue weighted by Crippen LogP contribution is -2.22. The molecular formula is C35H45F3. The molecule has 2 fully saturated rings. The van der Waals surface area contributed by atoms with Crippen molar-refractivity contribution < 1.29 is 13.2 Å². The SMILES string of the molecule is CCCCCC1CCC(c2ccc(C3=CCC(C4CCC(c5ccc(F)c(F)c5)CC4)CC3)c(F)c2)CC1. The maximum Gasteiger partial charge on any atom is 0.159 e. The summed E-state index contributed by atoms with van der Waals surface area (Å²) in [7, 11) is 0. The van der Waals surface area contributed by atoms with Crippen molar-refractivity contribution in [3.63, 3.8) is 0 Å². The maximum atomic E-state index is 15.3. The molecule has 1 atom stereocenters. The van der Waals surface area contributed by atoms with Crippen LogP contribution in [0.25, 0.3) is 5.57 Å². The van der Waals surface area contributed by atoms with E-state index in [-0.39, 0.29) is 5.82 Å². The largest absolute Gasteiger partial charge is 0.206 e. The molecule has 0 radical (unpaired) electrons. The topological polar surface area (TPSA) is 0 Å². The summed E-state index contributed by atoms with van der Waals surface area (Å²) in [6.45, 7) is 2.27. The van der Waals surface area contributed by atoms with E-state index in [9.17, 15) is 8.78 Å². The zero-order chi connectivity index (χ0) is 26.5. The molecule has 3 aliphatic carbocycles. The van der Waals surface area contributed by atoms with Crippen molar-refractivity contribution in [3.05, 3.63) is 76.6 Å². The van der Waals surface area contributed by atoms with Gasteiger partial charge in [-0.2, -0.15) is 0 Å². The highest BCUT2D eigenvalue weighted by Gasteiger charge is 2.30. The van der Waals surface area contributed by atoms with Crippen LogP contribution in [-0.2, 0) is 0 Å². The third kappa shape index (κ3) is 6.57. The number of hydrogen-bond acceptors (Lipinski definition) is 0. The fourth-order valence-electron chi connectivity index (χ4n) is 7.73. The van der Waals surface area contributed by atoms with Gasteiger partial charge in [-0.1, -0.05) is 56.9 Å². The van der Waals surface area contributed by atoms with Crippen LogP contribution >= 0.6 is 0 Å². The van der Waals surface area contributed by atoms with Crippen molar-refractivity contribution in [1.82, 2.24) is 0 Å². The first-order valence-electron chi connectivity index (χ1n) is 15.5. The van der Waals surface area contributed by atoms with Crippen LogP contribution in [0.2, 0.25) is 0 Å². The van der Waals surface area contributed by atoms with Crippen molar-refractivity contribution in [2.24, 2.45) is 17.8 Å². The molecule has 0 N–H and O–H groups in total. The summed E-state index contributed by atoms with van der Waals surface area (Å²) < 4.78 is 42.3. The van der Waals surface area contributed by atoms with Crippen molar-refractivity contribution >= 4 is 5.57 Å². The lowest BCUT2D eigenvalue weighted by molar-refractivity contribution is 0.220. The van der Waals surface area contributed by atoms with Crippen molar-refractivity contribution in [2.45, 2.75) is 115 Å². The Kier molecular flexibility index (Phi) is 9.33. The number of unbranched alkanes of at least 4 members (excludes halogenated alkanes) is 2. The van der Waals surface area contributed by atoms with Gasteiger partial charge in [0.05, 0.1) is 0 Å². The highest BCUT2D eigenvalue weighted by Crippen LogP contribution is 2.44. The summed E-state index contributed by atoms with van der Waals surface area (Å²) >= 11 is 0. The highest BCUT2D eigenvalue weighted by molar-refractivity contribution is 5.67. The Morgan fingerprint density at radius 2 is 1.32 bits per heavy atom. The molecule has 0 aliphatic heterocycles. The van der Waals surface area contributed by atoms with Gasteiger partial charge < -0.3 is 0 Å². The number of rotatable bonds is 8. The van der Waals surface area contributed by atoms with Gasteiger partial charge in [-0.05, 0) is 135 Å². The molecule has 2 aromatic carbocycles. The normalized spacial score (nSPS) is 28.2. The van der Waals surface area contributed by atoms with E-state index in [2.05, 4.69) is 25.1 Å². The Morgan fingerprint density at radius 1 is 0.658 bits per heavy atom. The number of halogens is 3. The first-order chi connectivity index (χ1) is 18.5. The van der Waals surface area contributed by atoms with E-state index < -0.39 is 11.6 Å². The second-order valence-corrected chi connectivity index (χ2v) is 12.5.